The molecule has 0 saturated heterocycles. The molecular formula is C15H26BrNO. The average molecular weight is 316 g/mol. The van der Waals surface area contributed by atoms with Gasteiger partial charge in [-0.2, -0.15) is 0 Å². The summed E-state index contributed by atoms with van der Waals surface area (Å²) in [5.41, 5.74) is 1.45. The first-order valence-corrected chi connectivity index (χ1v) is 6.95. The van der Waals surface area contributed by atoms with Gasteiger partial charge in [0.15, 0.2) is 12.4 Å². The van der Waals surface area contributed by atoms with Crippen molar-refractivity contribution in [1.82, 2.24) is 0 Å². The smallest absolute Gasteiger partial charge is 0.169 e. The predicted molar refractivity (Wildman–Crippen MR) is 70.8 cm³/mol. The molecule has 1 N–H and O–H groups in total. The highest BCUT2D eigenvalue weighted by atomic mass is 79.9. The van der Waals surface area contributed by atoms with E-state index < -0.39 is 0 Å². The first-order chi connectivity index (χ1) is 8.36. The lowest BCUT2D eigenvalue weighted by Gasteiger charge is -2.00. The van der Waals surface area contributed by atoms with Gasteiger partial charge in [-0.15, -0.1) is 0 Å². The summed E-state index contributed by atoms with van der Waals surface area (Å²) < 4.78 is 2.26. The number of aryl methyl sites for hydroxylation is 2. The molecule has 0 spiro atoms. The van der Waals surface area contributed by atoms with Crippen LogP contribution >= 0.6 is 0 Å². The average Bonchev–Trinajstić information content (AvgIpc) is 2.37. The zero-order chi connectivity index (χ0) is 12.3. The highest BCUT2D eigenvalue weighted by Gasteiger charge is 2.00. The molecule has 2 nitrogen and oxygen atoms in total. The largest absolute Gasteiger partial charge is 1.00 e. The zero-order valence-electron chi connectivity index (χ0n) is 11.4. The normalized spacial score (nSPS) is 10.1. The fourth-order valence-electron chi connectivity index (χ4n) is 1.94. The van der Waals surface area contributed by atoms with Crippen LogP contribution in [0.25, 0.3) is 0 Å². The predicted octanol–water partition coefficient (Wildman–Crippen LogP) is -0.127. The van der Waals surface area contributed by atoms with Gasteiger partial charge in [0.2, 0.25) is 0 Å². The van der Waals surface area contributed by atoms with Gasteiger partial charge >= 0.3 is 0 Å². The molecule has 0 aromatic carbocycles. The van der Waals surface area contributed by atoms with Crippen LogP contribution in [-0.4, -0.2) is 11.7 Å². The van der Waals surface area contributed by atoms with Crippen LogP contribution in [0.5, 0.6) is 0 Å². The van der Waals surface area contributed by atoms with Crippen molar-refractivity contribution >= 4 is 0 Å². The van der Waals surface area contributed by atoms with Crippen LogP contribution < -0.4 is 21.5 Å². The number of rotatable bonds is 9. The maximum atomic E-state index is 8.68. The Bertz CT molecular complexity index is 287. The first-order valence-electron chi connectivity index (χ1n) is 6.95. The number of unbranched alkanes of at least 4 members (excludes halogenated alkanes) is 4. The highest BCUT2D eigenvalue weighted by molar-refractivity contribution is 5.06. The van der Waals surface area contributed by atoms with Gasteiger partial charge in [0.1, 0.15) is 6.54 Å². The van der Waals surface area contributed by atoms with Crippen molar-refractivity contribution in [1.29, 1.82) is 0 Å². The Morgan fingerprint density at radius 2 is 1.67 bits per heavy atom. The lowest BCUT2D eigenvalue weighted by atomic mass is 10.1. The van der Waals surface area contributed by atoms with Crippen LogP contribution in [0.1, 0.15) is 51.0 Å². The third kappa shape index (κ3) is 7.83. The number of aliphatic hydroxyl groups excluding tert-OH is 1. The van der Waals surface area contributed by atoms with Crippen LogP contribution in [0.3, 0.4) is 0 Å². The van der Waals surface area contributed by atoms with Gasteiger partial charge in [0.25, 0.3) is 0 Å². The topological polar surface area (TPSA) is 24.1 Å². The van der Waals surface area contributed by atoms with Crippen molar-refractivity contribution in [2.45, 2.75) is 58.4 Å². The molecule has 1 heterocycles. The van der Waals surface area contributed by atoms with Gasteiger partial charge < -0.3 is 22.1 Å². The molecule has 18 heavy (non-hydrogen) atoms. The Morgan fingerprint density at radius 3 is 2.28 bits per heavy atom. The number of pyridine rings is 1. The van der Waals surface area contributed by atoms with Crippen LogP contribution in [0, 0.1) is 0 Å². The molecule has 1 aromatic rings. The molecule has 0 atom stereocenters. The monoisotopic (exact) mass is 315 g/mol. The minimum atomic E-state index is 0. The van der Waals surface area contributed by atoms with E-state index in [4.69, 9.17) is 5.11 Å². The number of aromatic nitrogens is 1. The van der Waals surface area contributed by atoms with Crippen molar-refractivity contribution in [2.24, 2.45) is 0 Å². The fraction of sp³-hybridized carbons (Fsp3) is 0.667. The highest BCUT2D eigenvalue weighted by Crippen LogP contribution is 2.03. The van der Waals surface area contributed by atoms with Gasteiger partial charge in [-0.25, -0.2) is 4.57 Å². The van der Waals surface area contributed by atoms with Gasteiger partial charge in [0.05, 0.1) is 0 Å². The molecule has 0 aliphatic carbocycles. The van der Waals surface area contributed by atoms with E-state index in [1.807, 2.05) is 0 Å². The summed E-state index contributed by atoms with van der Waals surface area (Å²) >= 11 is 0. The molecule has 1 rings (SSSR count). The van der Waals surface area contributed by atoms with E-state index in [1.165, 1.54) is 37.7 Å². The summed E-state index contributed by atoms with van der Waals surface area (Å²) in [6.07, 6.45) is 12.6. The first kappa shape index (κ1) is 17.6. The number of halogens is 1. The molecule has 0 amide bonds. The number of aliphatic hydroxyl groups is 1. The minimum Gasteiger partial charge on any atom is -1.00 e. The Kier molecular flexibility index (Phi) is 11.4. The van der Waals surface area contributed by atoms with Crippen LogP contribution in [0.2, 0.25) is 0 Å². The maximum absolute atomic E-state index is 8.68. The molecule has 0 radical (unpaired) electrons. The molecule has 0 fully saturated rings. The molecule has 0 unspecified atom stereocenters. The summed E-state index contributed by atoms with van der Waals surface area (Å²) in [7, 11) is 0. The van der Waals surface area contributed by atoms with Gasteiger partial charge in [-0.3, -0.25) is 0 Å². The van der Waals surface area contributed by atoms with Crippen molar-refractivity contribution in [2.75, 3.05) is 6.61 Å². The molecular weight excluding hydrogens is 290 g/mol. The van der Waals surface area contributed by atoms with Crippen LogP contribution in [-0.2, 0) is 13.0 Å². The van der Waals surface area contributed by atoms with E-state index >= 15 is 0 Å². The second-order valence-corrected chi connectivity index (χ2v) is 4.69. The lowest BCUT2D eigenvalue weighted by molar-refractivity contribution is -0.697. The zero-order valence-corrected chi connectivity index (χ0v) is 13.0. The van der Waals surface area contributed by atoms with Crippen molar-refractivity contribution < 1.29 is 26.7 Å². The number of hydrogen-bond acceptors (Lipinski definition) is 1. The van der Waals surface area contributed by atoms with Crippen LogP contribution in [0.4, 0.5) is 0 Å². The van der Waals surface area contributed by atoms with E-state index in [9.17, 15) is 0 Å². The molecule has 3 heteroatoms. The lowest BCUT2D eigenvalue weighted by Crippen LogP contribution is -3.00. The van der Waals surface area contributed by atoms with E-state index in [-0.39, 0.29) is 17.0 Å². The Balaban J connectivity index is 0.00000289. The molecule has 1 aromatic heterocycles. The molecule has 0 aliphatic rings. The Labute approximate surface area is 122 Å². The van der Waals surface area contributed by atoms with E-state index in [0.717, 1.165) is 19.4 Å². The summed E-state index contributed by atoms with van der Waals surface area (Å²) in [5.74, 6) is 0. The van der Waals surface area contributed by atoms with Crippen molar-refractivity contribution in [3.63, 3.8) is 0 Å². The molecule has 0 saturated carbocycles. The third-order valence-electron chi connectivity index (χ3n) is 3.10. The maximum Gasteiger partial charge on any atom is 0.169 e. The molecule has 104 valence electrons. The van der Waals surface area contributed by atoms with E-state index in [0.29, 0.717) is 6.61 Å². The van der Waals surface area contributed by atoms with Gasteiger partial charge in [0, 0.05) is 25.2 Å². The summed E-state index contributed by atoms with van der Waals surface area (Å²) in [4.78, 5) is 0. The van der Waals surface area contributed by atoms with E-state index in [1.54, 1.807) is 0 Å². The van der Waals surface area contributed by atoms with E-state index in [2.05, 4.69) is 36.0 Å². The number of hydrogen-bond donors (Lipinski definition) is 1. The second-order valence-electron chi connectivity index (χ2n) is 4.69. The van der Waals surface area contributed by atoms with Crippen LogP contribution in [0.15, 0.2) is 24.5 Å². The van der Waals surface area contributed by atoms with Crippen molar-refractivity contribution in [3.8, 4) is 0 Å². The summed E-state index contributed by atoms with van der Waals surface area (Å²) in [6.45, 7) is 3.66. The Hall–Kier alpha value is -0.410. The summed E-state index contributed by atoms with van der Waals surface area (Å²) in [6, 6.07) is 4.48. The summed E-state index contributed by atoms with van der Waals surface area (Å²) in [5, 5.41) is 8.68. The SMILES string of the molecule is CCCCc1cc[n+](CCCCCCO)cc1.[Br-]. The minimum absolute atomic E-state index is 0. The van der Waals surface area contributed by atoms with Gasteiger partial charge in [-0.05, 0) is 31.2 Å². The van der Waals surface area contributed by atoms with Crippen molar-refractivity contribution in [3.05, 3.63) is 30.1 Å². The Morgan fingerprint density at radius 1 is 1.00 bits per heavy atom. The van der Waals surface area contributed by atoms with Gasteiger partial charge in [-0.1, -0.05) is 19.8 Å². The molecule has 0 bridgehead atoms. The fourth-order valence-corrected chi connectivity index (χ4v) is 1.94. The quantitative estimate of drug-likeness (QED) is 0.498. The standard InChI is InChI=1S/C15H26NO.BrH/c1-2-3-8-15-9-12-16(13-10-15)11-6-4-5-7-14-17;/h9-10,12-13,17H,2-8,11,14H2,1H3;1H/q+1;/p-1. The molecule has 0 aliphatic heterocycles. The number of nitrogens with zero attached hydrogens (tertiary/aromatic N) is 1. The third-order valence-corrected chi connectivity index (χ3v) is 3.10. The second kappa shape index (κ2) is 11.7.